The summed E-state index contributed by atoms with van der Waals surface area (Å²) in [5.41, 5.74) is 5.41. The number of allylic oxidation sites excluding steroid dienone is 8. The third-order valence-corrected chi connectivity index (χ3v) is 18.0. The molecular weight excluding hydrogens is 1090 g/mol. The molecule has 0 heterocycles. The van der Waals surface area contributed by atoms with Gasteiger partial charge in [-0.2, -0.15) is 0 Å². The molecule has 0 rings (SSSR count). The quantitative estimate of drug-likeness (QED) is 0.0264. The number of carbonyl (C=O) groups excluding carboxylic acids is 2. The number of phosphoric acid groups is 1. The number of hydrogen-bond donors (Lipinski definition) is 2. The van der Waals surface area contributed by atoms with Gasteiger partial charge in [0.05, 0.1) is 13.2 Å². The summed E-state index contributed by atoms with van der Waals surface area (Å²) in [5.74, 6) is -0.801. The van der Waals surface area contributed by atoms with Gasteiger partial charge in [-0.3, -0.25) is 18.6 Å². The normalized spacial score (nSPS) is 13.1. The van der Waals surface area contributed by atoms with Crippen molar-refractivity contribution in [3.63, 3.8) is 0 Å². The van der Waals surface area contributed by atoms with Crippen molar-refractivity contribution < 1.29 is 37.6 Å². The van der Waals surface area contributed by atoms with E-state index in [1.54, 1.807) is 0 Å². The van der Waals surface area contributed by atoms with Crippen molar-refractivity contribution in [2.24, 2.45) is 5.73 Å². The summed E-state index contributed by atoms with van der Waals surface area (Å²) >= 11 is 0. The molecule has 2 unspecified atom stereocenters. The van der Waals surface area contributed by atoms with Crippen LogP contribution in [0, 0.1) is 0 Å². The number of unbranched alkanes of at least 4 members (excludes halogenated alkanes) is 51. The van der Waals surface area contributed by atoms with Crippen LogP contribution in [0.3, 0.4) is 0 Å². The highest BCUT2D eigenvalue weighted by atomic mass is 31.2. The topological polar surface area (TPSA) is 134 Å². The van der Waals surface area contributed by atoms with Gasteiger partial charge in [0.1, 0.15) is 6.61 Å². The zero-order chi connectivity index (χ0) is 62.3. The highest BCUT2D eigenvalue weighted by molar-refractivity contribution is 7.47. The smallest absolute Gasteiger partial charge is 0.462 e. The molecule has 0 aromatic heterocycles. The van der Waals surface area contributed by atoms with Gasteiger partial charge in [-0.25, -0.2) is 4.57 Å². The van der Waals surface area contributed by atoms with Gasteiger partial charge in [0.15, 0.2) is 6.10 Å². The fourth-order valence-corrected chi connectivity index (χ4v) is 12.2. The first-order chi connectivity index (χ1) is 42.3. The van der Waals surface area contributed by atoms with Crippen molar-refractivity contribution in [2.45, 2.75) is 399 Å². The third kappa shape index (κ3) is 71.1. The van der Waals surface area contributed by atoms with E-state index in [2.05, 4.69) is 62.5 Å². The van der Waals surface area contributed by atoms with Gasteiger partial charge < -0.3 is 20.1 Å². The van der Waals surface area contributed by atoms with Crippen LogP contribution in [0.4, 0.5) is 0 Å². The molecule has 506 valence electrons. The highest BCUT2D eigenvalue weighted by Crippen LogP contribution is 2.43. The molecule has 2 atom stereocenters. The molecule has 0 aliphatic carbocycles. The van der Waals surface area contributed by atoms with E-state index < -0.39 is 26.5 Å². The fraction of sp³-hybridized carbons (Fsp3) is 0.868. The summed E-state index contributed by atoms with van der Waals surface area (Å²) < 4.78 is 33.2. The van der Waals surface area contributed by atoms with Crippen LogP contribution < -0.4 is 5.73 Å². The Labute approximate surface area is 534 Å². The fourth-order valence-electron chi connectivity index (χ4n) is 11.5. The van der Waals surface area contributed by atoms with E-state index in [1.165, 1.54) is 302 Å². The summed E-state index contributed by atoms with van der Waals surface area (Å²) in [6, 6.07) is 0. The van der Waals surface area contributed by atoms with Crippen molar-refractivity contribution in [2.75, 3.05) is 26.4 Å². The lowest BCUT2D eigenvalue weighted by atomic mass is 10.0. The molecule has 9 nitrogen and oxygen atoms in total. The molecule has 10 heteroatoms. The van der Waals surface area contributed by atoms with Gasteiger partial charge in [0, 0.05) is 19.4 Å². The van der Waals surface area contributed by atoms with Gasteiger partial charge in [0.2, 0.25) is 0 Å². The van der Waals surface area contributed by atoms with E-state index >= 15 is 0 Å². The zero-order valence-electron chi connectivity index (χ0n) is 57.1. The van der Waals surface area contributed by atoms with Crippen LogP contribution in [0.25, 0.3) is 0 Å². The minimum absolute atomic E-state index is 0.0569. The molecule has 0 saturated heterocycles. The molecule has 0 saturated carbocycles. The third-order valence-electron chi connectivity index (χ3n) is 17.0. The molecule has 0 aromatic rings. The first kappa shape index (κ1) is 84.0. The van der Waals surface area contributed by atoms with Gasteiger partial charge >= 0.3 is 19.8 Å². The van der Waals surface area contributed by atoms with Crippen LogP contribution in [0.5, 0.6) is 0 Å². The maximum atomic E-state index is 12.8. The van der Waals surface area contributed by atoms with Crippen molar-refractivity contribution in [3.05, 3.63) is 48.6 Å². The molecule has 0 aliphatic heterocycles. The predicted octanol–water partition coefficient (Wildman–Crippen LogP) is 24.8. The average molecular weight is 1230 g/mol. The van der Waals surface area contributed by atoms with Crippen LogP contribution in [0.2, 0.25) is 0 Å². The largest absolute Gasteiger partial charge is 0.472 e. The van der Waals surface area contributed by atoms with E-state index in [4.69, 9.17) is 24.3 Å². The van der Waals surface area contributed by atoms with E-state index in [0.717, 1.165) is 57.8 Å². The summed E-state index contributed by atoms with van der Waals surface area (Å²) in [4.78, 5) is 35.4. The Hall–Kier alpha value is -2.03. The lowest BCUT2D eigenvalue weighted by Crippen LogP contribution is -2.29. The summed E-state index contributed by atoms with van der Waals surface area (Å²) in [7, 11) is -4.39. The summed E-state index contributed by atoms with van der Waals surface area (Å²) in [6.07, 6.45) is 92.4. The molecular formula is C76H144NO8P. The molecule has 0 amide bonds. The van der Waals surface area contributed by atoms with Crippen LogP contribution in [-0.4, -0.2) is 49.3 Å². The van der Waals surface area contributed by atoms with Gasteiger partial charge in [-0.05, 0) is 51.4 Å². The van der Waals surface area contributed by atoms with Crippen molar-refractivity contribution in [1.82, 2.24) is 0 Å². The minimum Gasteiger partial charge on any atom is -0.462 e. The number of rotatable bonds is 72. The van der Waals surface area contributed by atoms with Gasteiger partial charge in [-0.1, -0.05) is 377 Å². The molecule has 0 spiro atoms. The Morgan fingerprint density at radius 3 is 0.953 bits per heavy atom. The Morgan fingerprint density at radius 2 is 0.640 bits per heavy atom. The predicted molar refractivity (Wildman–Crippen MR) is 372 cm³/mol. The molecule has 0 aliphatic rings. The number of nitrogens with two attached hydrogens (primary N) is 1. The monoisotopic (exact) mass is 1230 g/mol. The maximum absolute atomic E-state index is 12.8. The molecule has 0 aromatic carbocycles. The molecule has 0 radical (unpaired) electrons. The van der Waals surface area contributed by atoms with Crippen molar-refractivity contribution in [3.8, 4) is 0 Å². The Balaban J connectivity index is 3.74. The molecule has 0 bridgehead atoms. The van der Waals surface area contributed by atoms with Gasteiger partial charge in [0.25, 0.3) is 0 Å². The zero-order valence-corrected chi connectivity index (χ0v) is 58.0. The van der Waals surface area contributed by atoms with Crippen molar-refractivity contribution >= 4 is 19.8 Å². The molecule has 86 heavy (non-hydrogen) atoms. The maximum Gasteiger partial charge on any atom is 0.472 e. The minimum atomic E-state index is -4.39. The lowest BCUT2D eigenvalue weighted by Gasteiger charge is -2.19. The van der Waals surface area contributed by atoms with E-state index in [-0.39, 0.29) is 38.6 Å². The first-order valence-corrected chi connectivity index (χ1v) is 39.1. The van der Waals surface area contributed by atoms with Crippen molar-refractivity contribution in [1.29, 1.82) is 0 Å². The number of esters is 2. The number of carbonyl (C=O) groups is 2. The van der Waals surface area contributed by atoms with E-state index in [9.17, 15) is 19.0 Å². The van der Waals surface area contributed by atoms with Crippen LogP contribution >= 0.6 is 7.82 Å². The number of phosphoric ester groups is 1. The van der Waals surface area contributed by atoms with Gasteiger partial charge in [-0.15, -0.1) is 0 Å². The number of ether oxygens (including phenoxy) is 2. The Morgan fingerprint density at radius 1 is 0.360 bits per heavy atom. The second-order valence-corrected chi connectivity index (χ2v) is 27.0. The van der Waals surface area contributed by atoms with E-state index in [1.807, 2.05) is 0 Å². The molecule has 0 fully saturated rings. The summed E-state index contributed by atoms with van der Waals surface area (Å²) in [6.45, 7) is 3.71. The Bertz CT molecular complexity index is 1550. The van der Waals surface area contributed by atoms with Crippen LogP contribution in [0.1, 0.15) is 393 Å². The number of hydrogen-bond acceptors (Lipinski definition) is 8. The first-order valence-electron chi connectivity index (χ1n) is 37.6. The average Bonchev–Trinajstić information content (AvgIpc) is 3.58. The highest BCUT2D eigenvalue weighted by Gasteiger charge is 2.26. The van der Waals surface area contributed by atoms with Crippen LogP contribution in [0.15, 0.2) is 48.6 Å². The lowest BCUT2D eigenvalue weighted by molar-refractivity contribution is -0.161. The second kappa shape index (κ2) is 72.0. The second-order valence-electron chi connectivity index (χ2n) is 25.5. The standard InChI is InChI=1S/C76H144NO8P/c1-3-5-7-9-11-13-15-17-19-21-23-25-27-29-30-31-32-33-34-35-36-37-38-39-40-41-42-43-44-45-47-49-51-53-55-57-59-61-63-65-67-69-76(79)85-74(73-84-86(80,81)83-71-70-77)72-82-75(78)68-66-64-62-60-58-56-54-52-50-48-46-28-26-24-22-20-18-16-14-12-10-8-6-4-2/h5,7,11,13,17,19,23,25,74H,3-4,6,8-10,12,14-16,18,20-22,24,26-73,77H2,1-2H3,(H,80,81)/b7-5-,13-11-,19-17-,25-23-. The summed E-state index contributed by atoms with van der Waals surface area (Å²) in [5, 5.41) is 0. The van der Waals surface area contributed by atoms with Crippen LogP contribution in [-0.2, 0) is 32.7 Å². The van der Waals surface area contributed by atoms with E-state index in [0.29, 0.717) is 6.42 Å². The SMILES string of the molecule is CC/C=C\C/C=C\C/C=C\C/C=C\CCCCCCCCCCCCCCCCCCCCCCCCCCCCCCC(=O)OC(COC(=O)CCCCCCCCCCCCCCCCCCCCCCCCCC)COP(=O)(O)OCCN. The molecule has 3 N–H and O–H groups in total. The Kier molecular flexibility index (Phi) is 70.3.